The lowest BCUT2D eigenvalue weighted by molar-refractivity contribution is -0.120. The zero-order valence-corrected chi connectivity index (χ0v) is 8.70. The third-order valence-corrected chi connectivity index (χ3v) is 2.33. The Morgan fingerprint density at radius 1 is 1.69 bits per heavy atom. The number of carbonyl (C=O) groups excluding carboxylic acids is 1. The number of aromatic nitrogens is 1. The summed E-state index contributed by atoms with van der Waals surface area (Å²) in [5.41, 5.74) is 2.81. The van der Waals surface area contributed by atoms with Gasteiger partial charge in [-0.1, -0.05) is 0 Å². The largest absolute Gasteiger partial charge is 0.356 e. The zero-order valence-electron chi connectivity index (χ0n) is 7.12. The number of carbonyl (C=O) groups is 1. The first-order chi connectivity index (χ1) is 6.33. The van der Waals surface area contributed by atoms with Crippen LogP contribution in [0.3, 0.4) is 0 Å². The Morgan fingerprint density at radius 2 is 2.54 bits per heavy atom. The van der Waals surface area contributed by atoms with Crippen LogP contribution in [0.4, 0.5) is 0 Å². The first-order valence-corrected chi connectivity index (χ1v) is 5.50. The molecule has 1 heterocycles. The summed E-state index contributed by atoms with van der Waals surface area (Å²) in [6.45, 7) is 0.638. The summed E-state index contributed by atoms with van der Waals surface area (Å²) in [5.74, 6) is 0.382. The van der Waals surface area contributed by atoms with Crippen LogP contribution >= 0.6 is 22.9 Å². The van der Waals surface area contributed by atoms with Gasteiger partial charge in [-0.15, -0.1) is 22.9 Å². The molecule has 5 heteroatoms. The molecule has 1 amide bonds. The Morgan fingerprint density at radius 3 is 3.15 bits per heavy atom. The minimum Gasteiger partial charge on any atom is -0.356 e. The van der Waals surface area contributed by atoms with Gasteiger partial charge in [-0.25, -0.2) is 4.98 Å². The SMILES string of the molecule is O=C(CCCl)NCCc1cscn1. The summed E-state index contributed by atoms with van der Waals surface area (Å²) in [4.78, 5) is 15.1. The van der Waals surface area contributed by atoms with Gasteiger partial charge < -0.3 is 5.32 Å². The van der Waals surface area contributed by atoms with E-state index < -0.39 is 0 Å². The first kappa shape index (κ1) is 10.5. The Kier molecular flexibility index (Phi) is 4.78. The van der Waals surface area contributed by atoms with E-state index in [0.29, 0.717) is 18.8 Å². The molecule has 1 aromatic rings. The molecule has 0 spiro atoms. The lowest BCUT2D eigenvalue weighted by atomic mass is 10.3. The van der Waals surface area contributed by atoms with Gasteiger partial charge in [0.25, 0.3) is 0 Å². The predicted molar refractivity (Wildman–Crippen MR) is 54.2 cm³/mol. The fraction of sp³-hybridized carbons (Fsp3) is 0.500. The number of amides is 1. The van der Waals surface area contributed by atoms with Crippen LogP contribution in [-0.2, 0) is 11.2 Å². The molecule has 0 aliphatic carbocycles. The fourth-order valence-corrected chi connectivity index (χ4v) is 1.63. The van der Waals surface area contributed by atoms with Gasteiger partial charge >= 0.3 is 0 Å². The molecule has 1 rings (SSSR count). The van der Waals surface area contributed by atoms with E-state index in [1.165, 1.54) is 0 Å². The van der Waals surface area contributed by atoms with E-state index in [1.54, 1.807) is 16.8 Å². The van der Waals surface area contributed by atoms with E-state index in [9.17, 15) is 4.79 Å². The highest BCUT2D eigenvalue weighted by atomic mass is 35.5. The van der Waals surface area contributed by atoms with Gasteiger partial charge in [-0.2, -0.15) is 0 Å². The second-order valence-corrected chi connectivity index (χ2v) is 3.62. The normalized spacial score (nSPS) is 9.92. The van der Waals surface area contributed by atoms with Crippen molar-refractivity contribution in [3.8, 4) is 0 Å². The molecule has 0 fully saturated rings. The Bertz CT molecular complexity index is 251. The Labute approximate surface area is 86.1 Å². The molecule has 0 aliphatic heterocycles. The molecule has 0 aliphatic rings. The van der Waals surface area contributed by atoms with Crippen molar-refractivity contribution >= 4 is 28.8 Å². The van der Waals surface area contributed by atoms with Gasteiger partial charge in [0.1, 0.15) is 0 Å². The molecule has 0 bridgehead atoms. The maximum atomic E-state index is 11.0. The van der Waals surface area contributed by atoms with E-state index in [0.717, 1.165) is 12.1 Å². The van der Waals surface area contributed by atoms with Crippen LogP contribution in [0.2, 0.25) is 0 Å². The minimum absolute atomic E-state index is 0.00484. The monoisotopic (exact) mass is 218 g/mol. The highest BCUT2D eigenvalue weighted by molar-refractivity contribution is 7.07. The maximum absolute atomic E-state index is 11.0. The van der Waals surface area contributed by atoms with Gasteiger partial charge in [0.15, 0.2) is 0 Å². The van der Waals surface area contributed by atoms with Gasteiger partial charge in [-0.05, 0) is 0 Å². The zero-order chi connectivity index (χ0) is 9.52. The summed E-state index contributed by atoms with van der Waals surface area (Å²) in [5, 5.41) is 4.74. The third kappa shape index (κ3) is 4.24. The summed E-state index contributed by atoms with van der Waals surface area (Å²) in [7, 11) is 0. The molecule has 13 heavy (non-hydrogen) atoms. The number of alkyl halides is 1. The quantitative estimate of drug-likeness (QED) is 0.760. The van der Waals surface area contributed by atoms with Crippen LogP contribution in [0.15, 0.2) is 10.9 Å². The summed E-state index contributed by atoms with van der Waals surface area (Å²) < 4.78 is 0. The molecule has 0 radical (unpaired) electrons. The van der Waals surface area contributed by atoms with Crippen molar-refractivity contribution < 1.29 is 4.79 Å². The van der Waals surface area contributed by atoms with Crippen molar-refractivity contribution in [1.29, 1.82) is 0 Å². The van der Waals surface area contributed by atoms with Crippen molar-refractivity contribution in [2.24, 2.45) is 0 Å². The molecule has 0 unspecified atom stereocenters. The lowest BCUT2D eigenvalue weighted by Crippen LogP contribution is -2.25. The Balaban J connectivity index is 2.11. The lowest BCUT2D eigenvalue weighted by Gasteiger charge is -2.01. The van der Waals surface area contributed by atoms with Gasteiger partial charge in [0, 0.05) is 30.6 Å². The third-order valence-electron chi connectivity index (χ3n) is 1.51. The molecule has 1 aromatic heterocycles. The average Bonchev–Trinajstić information content (AvgIpc) is 2.57. The number of nitrogens with zero attached hydrogens (tertiary/aromatic N) is 1. The van der Waals surface area contributed by atoms with Crippen molar-refractivity contribution in [2.45, 2.75) is 12.8 Å². The number of rotatable bonds is 5. The van der Waals surface area contributed by atoms with Crippen molar-refractivity contribution in [3.63, 3.8) is 0 Å². The second kappa shape index (κ2) is 5.94. The summed E-state index contributed by atoms with van der Waals surface area (Å²) >= 11 is 6.97. The van der Waals surface area contributed by atoms with Crippen LogP contribution in [0.5, 0.6) is 0 Å². The second-order valence-electron chi connectivity index (χ2n) is 2.52. The smallest absolute Gasteiger partial charge is 0.221 e. The van der Waals surface area contributed by atoms with E-state index >= 15 is 0 Å². The molecule has 1 N–H and O–H groups in total. The molecule has 3 nitrogen and oxygen atoms in total. The van der Waals surface area contributed by atoms with E-state index in [-0.39, 0.29) is 5.91 Å². The highest BCUT2D eigenvalue weighted by Gasteiger charge is 1.99. The van der Waals surface area contributed by atoms with Crippen LogP contribution in [0.1, 0.15) is 12.1 Å². The molecule has 0 aromatic carbocycles. The summed E-state index contributed by atoms with van der Waals surface area (Å²) in [6, 6.07) is 0. The Hall–Kier alpha value is -0.610. The van der Waals surface area contributed by atoms with Crippen LogP contribution in [-0.4, -0.2) is 23.3 Å². The fourth-order valence-electron chi connectivity index (χ4n) is 0.865. The standard InChI is InChI=1S/C8H11ClN2OS/c9-3-1-8(12)10-4-2-7-5-13-6-11-7/h5-6H,1-4H2,(H,10,12). The van der Waals surface area contributed by atoms with Crippen molar-refractivity contribution in [3.05, 3.63) is 16.6 Å². The number of hydrogen-bond acceptors (Lipinski definition) is 3. The van der Waals surface area contributed by atoms with Crippen LogP contribution in [0, 0.1) is 0 Å². The number of halogens is 1. The van der Waals surface area contributed by atoms with Crippen molar-refractivity contribution in [1.82, 2.24) is 10.3 Å². The van der Waals surface area contributed by atoms with Crippen LogP contribution in [0.25, 0.3) is 0 Å². The van der Waals surface area contributed by atoms with E-state index in [1.807, 2.05) is 5.38 Å². The molecule has 0 atom stereocenters. The van der Waals surface area contributed by atoms with Gasteiger partial charge in [0.05, 0.1) is 11.2 Å². The minimum atomic E-state index is 0.00484. The van der Waals surface area contributed by atoms with E-state index in [4.69, 9.17) is 11.6 Å². The molecular formula is C8H11ClN2OS. The predicted octanol–water partition coefficient (Wildman–Crippen LogP) is 1.43. The molecular weight excluding hydrogens is 208 g/mol. The average molecular weight is 219 g/mol. The molecule has 72 valence electrons. The van der Waals surface area contributed by atoms with E-state index in [2.05, 4.69) is 10.3 Å². The van der Waals surface area contributed by atoms with Crippen LogP contribution < -0.4 is 5.32 Å². The number of hydrogen-bond donors (Lipinski definition) is 1. The first-order valence-electron chi connectivity index (χ1n) is 4.02. The summed E-state index contributed by atoms with van der Waals surface area (Å²) in [6.07, 6.45) is 1.18. The molecule has 0 saturated heterocycles. The molecule has 0 saturated carbocycles. The van der Waals surface area contributed by atoms with Gasteiger partial charge in [0.2, 0.25) is 5.91 Å². The topological polar surface area (TPSA) is 42.0 Å². The number of thiazole rings is 1. The highest BCUT2D eigenvalue weighted by Crippen LogP contribution is 2.00. The van der Waals surface area contributed by atoms with Crippen molar-refractivity contribution in [2.75, 3.05) is 12.4 Å². The number of nitrogens with one attached hydrogen (secondary N) is 1. The maximum Gasteiger partial charge on any atom is 0.221 e. The van der Waals surface area contributed by atoms with Gasteiger partial charge in [-0.3, -0.25) is 4.79 Å².